The zero-order valence-corrected chi connectivity index (χ0v) is 11.9. The second-order valence-corrected chi connectivity index (χ2v) is 5.52. The van der Waals surface area contributed by atoms with Gasteiger partial charge in [0.15, 0.2) is 0 Å². The lowest BCUT2D eigenvalue weighted by atomic mass is 9.87. The van der Waals surface area contributed by atoms with Crippen LogP contribution in [-0.4, -0.2) is 43.3 Å². The molecule has 0 spiro atoms. The van der Waals surface area contributed by atoms with Crippen molar-refractivity contribution in [3.05, 3.63) is 0 Å². The van der Waals surface area contributed by atoms with Gasteiger partial charge in [-0.3, -0.25) is 4.90 Å². The third-order valence-electron chi connectivity index (χ3n) is 4.33. The molecule has 0 aliphatic heterocycles. The Bertz CT molecular complexity index is 204. The van der Waals surface area contributed by atoms with E-state index in [2.05, 4.69) is 18.7 Å². The lowest BCUT2D eigenvalue weighted by Gasteiger charge is -2.46. The molecule has 0 heterocycles. The summed E-state index contributed by atoms with van der Waals surface area (Å²) in [6, 6.07) is 0.735. The Kier molecular flexibility index (Phi) is 6.45. The quantitative estimate of drug-likeness (QED) is 0.745. The fourth-order valence-electron chi connectivity index (χ4n) is 3.16. The van der Waals surface area contributed by atoms with E-state index in [1.165, 1.54) is 32.1 Å². The summed E-state index contributed by atoms with van der Waals surface area (Å²) in [5.74, 6) is 0. The molecule has 1 aliphatic rings. The van der Waals surface area contributed by atoms with Gasteiger partial charge in [-0.1, -0.05) is 26.2 Å². The predicted molar refractivity (Wildman–Crippen MR) is 73.2 cm³/mol. The van der Waals surface area contributed by atoms with Crippen LogP contribution >= 0.6 is 0 Å². The van der Waals surface area contributed by atoms with Crippen LogP contribution in [0.15, 0.2) is 0 Å². The predicted octanol–water partition coefficient (Wildman–Crippen LogP) is 2.39. The van der Waals surface area contributed by atoms with Gasteiger partial charge in [0.1, 0.15) is 0 Å². The molecule has 2 N–H and O–H groups in total. The molecule has 1 atom stereocenters. The molecule has 3 nitrogen and oxygen atoms in total. The number of hydrogen-bond acceptors (Lipinski definition) is 3. The monoisotopic (exact) mass is 242 g/mol. The van der Waals surface area contributed by atoms with Crippen molar-refractivity contribution < 1.29 is 4.74 Å². The Morgan fingerprint density at radius 2 is 1.94 bits per heavy atom. The molecule has 3 heteroatoms. The molecule has 1 unspecified atom stereocenters. The van der Waals surface area contributed by atoms with Crippen molar-refractivity contribution in [3.63, 3.8) is 0 Å². The highest BCUT2D eigenvalue weighted by atomic mass is 16.5. The summed E-state index contributed by atoms with van der Waals surface area (Å²) in [7, 11) is 1.77. The van der Waals surface area contributed by atoms with Crippen LogP contribution in [0.5, 0.6) is 0 Å². The van der Waals surface area contributed by atoms with Gasteiger partial charge in [-0.05, 0) is 32.7 Å². The van der Waals surface area contributed by atoms with Crippen LogP contribution in [-0.2, 0) is 4.74 Å². The van der Waals surface area contributed by atoms with Crippen molar-refractivity contribution in [2.45, 2.75) is 64.0 Å². The molecular formula is C14H30N2O. The van der Waals surface area contributed by atoms with E-state index in [0.717, 1.165) is 32.2 Å². The highest BCUT2D eigenvalue weighted by Crippen LogP contribution is 2.29. The van der Waals surface area contributed by atoms with Crippen LogP contribution in [0, 0.1) is 0 Å². The number of rotatable bonds is 7. The van der Waals surface area contributed by atoms with E-state index in [9.17, 15) is 0 Å². The number of nitrogens with two attached hydrogens (primary N) is 1. The minimum absolute atomic E-state index is 0.104. The lowest BCUT2D eigenvalue weighted by Crippen LogP contribution is -2.56. The molecule has 0 aromatic rings. The van der Waals surface area contributed by atoms with Crippen LogP contribution in [0.1, 0.15) is 52.4 Å². The minimum atomic E-state index is 0.104. The van der Waals surface area contributed by atoms with Crippen molar-refractivity contribution in [1.29, 1.82) is 0 Å². The number of likely N-dealkylation sites (N-methyl/N-ethyl adjacent to an activating group) is 1. The first-order valence-electron chi connectivity index (χ1n) is 7.13. The third kappa shape index (κ3) is 3.94. The SMILES string of the molecule is CCN(C1CCCCC1)C(C)(CN)CCOC. The van der Waals surface area contributed by atoms with Gasteiger partial charge in [0.05, 0.1) is 0 Å². The molecule has 1 aliphatic carbocycles. The van der Waals surface area contributed by atoms with Crippen molar-refractivity contribution in [3.8, 4) is 0 Å². The first-order chi connectivity index (χ1) is 8.18. The van der Waals surface area contributed by atoms with Crippen LogP contribution < -0.4 is 5.73 Å². The topological polar surface area (TPSA) is 38.5 Å². The van der Waals surface area contributed by atoms with E-state index < -0.39 is 0 Å². The van der Waals surface area contributed by atoms with Crippen LogP contribution in [0.4, 0.5) is 0 Å². The highest BCUT2D eigenvalue weighted by molar-refractivity contribution is 4.91. The van der Waals surface area contributed by atoms with E-state index in [0.29, 0.717) is 0 Å². The van der Waals surface area contributed by atoms with E-state index in [-0.39, 0.29) is 5.54 Å². The molecule has 0 saturated heterocycles. The Balaban J connectivity index is 2.66. The minimum Gasteiger partial charge on any atom is -0.385 e. The Labute approximate surface area is 107 Å². The molecule has 0 aromatic heterocycles. The standard InChI is InChI=1S/C14H30N2O/c1-4-16(13-8-6-5-7-9-13)14(2,12-15)10-11-17-3/h13H,4-12,15H2,1-3H3. The average Bonchev–Trinajstić information content (AvgIpc) is 2.38. The zero-order chi connectivity index (χ0) is 12.7. The molecule has 1 saturated carbocycles. The van der Waals surface area contributed by atoms with Crippen molar-refractivity contribution in [2.75, 3.05) is 26.8 Å². The number of nitrogens with zero attached hydrogens (tertiary/aromatic N) is 1. The maximum atomic E-state index is 6.03. The summed E-state index contributed by atoms with van der Waals surface area (Å²) in [6.45, 7) is 7.18. The second kappa shape index (κ2) is 7.34. The van der Waals surface area contributed by atoms with Crippen molar-refractivity contribution in [2.24, 2.45) is 5.73 Å². The molecule has 1 fully saturated rings. The van der Waals surface area contributed by atoms with Crippen LogP contribution in [0.2, 0.25) is 0 Å². The van der Waals surface area contributed by atoms with Gasteiger partial charge >= 0.3 is 0 Å². The number of ether oxygens (including phenoxy) is 1. The van der Waals surface area contributed by atoms with Gasteiger partial charge in [0, 0.05) is 31.8 Å². The second-order valence-electron chi connectivity index (χ2n) is 5.52. The van der Waals surface area contributed by atoms with Crippen molar-refractivity contribution >= 4 is 0 Å². The van der Waals surface area contributed by atoms with Gasteiger partial charge in [-0.25, -0.2) is 0 Å². The van der Waals surface area contributed by atoms with Crippen LogP contribution in [0.25, 0.3) is 0 Å². The summed E-state index contributed by atoms with van der Waals surface area (Å²) < 4.78 is 5.24. The molecule has 0 bridgehead atoms. The highest BCUT2D eigenvalue weighted by Gasteiger charge is 2.34. The smallest absolute Gasteiger partial charge is 0.0480 e. The van der Waals surface area contributed by atoms with E-state index in [1.54, 1.807) is 7.11 Å². The van der Waals surface area contributed by atoms with Crippen LogP contribution in [0.3, 0.4) is 0 Å². The number of methoxy groups -OCH3 is 1. The van der Waals surface area contributed by atoms with Gasteiger partial charge in [0.2, 0.25) is 0 Å². The first-order valence-corrected chi connectivity index (χ1v) is 7.13. The van der Waals surface area contributed by atoms with Crippen molar-refractivity contribution in [1.82, 2.24) is 4.90 Å². The molecule has 0 aromatic carbocycles. The largest absolute Gasteiger partial charge is 0.385 e. The average molecular weight is 242 g/mol. The molecule has 0 amide bonds. The number of hydrogen-bond donors (Lipinski definition) is 1. The summed E-state index contributed by atoms with van der Waals surface area (Å²) in [5, 5.41) is 0. The Morgan fingerprint density at radius 1 is 1.29 bits per heavy atom. The molecule has 0 radical (unpaired) electrons. The fourth-order valence-corrected chi connectivity index (χ4v) is 3.16. The van der Waals surface area contributed by atoms with Gasteiger partial charge < -0.3 is 10.5 Å². The van der Waals surface area contributed by atoms with Gasteiger partial charge in [-0.2, -0.15) is 0 Å². The summed E-state index contributed by atoms with van der Waals surface area (Å²) in [5.41, 5.74) is 6.14. The van der Waals surface area contributed by atoms with Gasteiger partial charge in [-0.15, -0.1) is 0 Å². The first kappa shape index (κ1) is 14.9. The fraction of sp³-hybridized carbons (Fsp3) is 1.00. The van der Waals surface area contributed by atoms with E-state index >= 15 is 0 Å². The summed E-state index contributed by atoms with van der Waals surface area (Å²) >= 11 is 0. The summed E-state index contributed by atoms with van der Waals surface area (Å²) in [4.78, 5) is 2.63. The maximum Gasteiger partial charge on any atom is 0.0480 e. The molecule has 1 rings (SSSR count). The molecule has 102 valence electrons. The maximum absolute atomic E-state index is 6.03. The lowest BCUT2D eigenvalue weighted by molar-refractivity contribution is 0.0238. The van der Waals surface area contributed by atoms with Gasteiger partial charge in [0.25, 0.3) is 0 Å². The normalized spacial score (nSPS) is 21.7. The van der Waals surface area contributed by atoms with E-state index in [4.69, 9.17) is 10.5 Å². The zero-order valence-electron chi connectivity index (χ0n) is 11.9. The van der Waals surface area contributed by atoms with E-state index in [1.807, 2.05) is 0 Å². The third-order valence-corrected chi connectivity index (χ3v) is 4.33. The molecule has 17 heavy (non-hydrogen) atoms. The Hall–Kier alpha value is -0.120. The Morgan fingerprint density at radius 3 is 2.41 bits per heavy atom. The molecular weight excluding hydrogens is 212 g/mol. The summed E-state index contributed by atoms with van der Waals surface area (Å²) in [6.07, 6.45) is 7.89.